The van der Waals surface area contributed by atoms with E-state index >= 15 is 0 Å². The summed E-state index contributed by atoms with van der Waals surface area (Å²) in [6.07, 6.45) is 0.586. The summed E-state index contributed by atoms with van der Waals surface area (Å²) in [6.45, 7) is 4.93. The number of ether oxygens (including phenoxy) is 1. The third kappa shape index (κ3) is 4.60. The molecule has 182 valence electrons. The van der Waals surface area contributed by atoms with Crippen molar-refractivity contribution in [3.05, 3.63) is 59.2 Å². The van der Waals surface area contributed by atoms with Gasteiger partial charge in [-0.25, -0.2) is 8.42 Å². The van der Waals surface area contributed by atoms with Crippen LogP contribution in [-0.4, -0.2) is 61.0 Å². The molecule has 1 saturated heterocycles. The van der Waals surface area contributed by atoms with E-state index in [0.717, 1.165) is 39.5 Å². The van der Waals surface area contributed by atoms with Crippen molar-refractivity contribution >= 4 is 27.6 Å². The van der Waals surface area contributed by atoms with Gasteiger partial charge in [-0.1, -0.05) is 24.3 Å². The first-order valence-electron chi connectivity index (χ1n) is 11.4. The number of aliphatic hydroxyl groups is 1. The molecule has 0 bridgehead atoms. The van der Waals surface area contributed by atoms with Crippen molar-refractivity contribution in [2.75, 3.05) is 18.1 Å². The maximum atomic E-state index is 13.3. The van der Waals surface area contributed by atoms with Gasteiger partial charge in [0.2, 0.25) is 10.0 Å². The van der Waals surface area contributed by atoms with Crippen molar-refractivity contribution < 1.29 is 27.9 Å². The van der Waals surface area contributed by atoms with Crippen molar-refractivity contribution in [1.29, 1.82) is 0 Å². The fourth-order valence-electron chi connectivity index (χ4n) is 4.64. The number of aryl methyl sites for hydroxylation is 3. The van der Waals surface area contributed by atoms with Gasteiger partial charge in [-0.3, -0.25) is 9.59 Å². The Morgan fingerprint density at radius 1 is 1.12 bits per heavy atom. The van der Waals surface area contributed by atoms with Crippen LogP contribution >= 0.6 is 0 Å². The topological polar surface area (TPSA) is 104 Å². The number of para-hydroxylation sites is 1. The summed E-state index contributed by atoms with van der Waals surface area (Å²) in [5.74, 6) is -1.20. The Morgan fingerprint density at radius 2 is 1.85 bits per heavy atom. The molecule has 0 aliphatic carbocycles. The third-order valence-corrected chi connectivity index (χ3v) is 8.59. The number of sulfonamides is 1. The first-order chi connectivity index (χ1) is 16.1. The van der Waals surface area contributed by atoms with Crippen molar-refractivity contribution in [1.82, 2.24) is 4.31 Å². The molecule has 1 fully saturated rings. The minimum absolute atomic E-state index is 0.0453. The minimum atomic E-state index is -4.04. The number of amides is 1. The van der Waals surface area contributed by atoms with Crippen molar-refractivity contribution in [2.45, 2.75) is 63.1 Å². The van der Waals surface area contributed by atoms with E-state index in [1.54, 1.807) is 17.0 Å². The van der Waals surface area contributed by atoms with Gasteiger partial charge in [0.05, 0.1) is 11.0 Å². The van der Waals surface area contributed by atoms with Gasteiger partial charge in [0.1, 0.15) is 6.04 Å². The van der Waals surface area contributed by atoms with Crippen LogP contribution in [-0.2, 0) is 30.8 Å². The summed E-state index contributed by atoms with van der Waals surface area (Å²) >= 11 is 0. The number of aliphatic hydroxyl groups excluding tert-OH is 1. The molecule has 0 aromatic heterocycles. The number of carbonyl (C=O) groups is 2. The lowest BCUT2D eigenvalue weighted by atomic mass is 9.96. The number of nitrogens with zero attached hydrogens (tertiary/aromatic N) is 2. The number of rotatable bonds is 5. The second kappa shape index (κ2) is 9.48. The highest BCUT2D eigenvalue weighted by atomic mass is 32.2. The van der Waals surface area contributed by atoms with Crippen molar-refractivity contribution in [3.63, 3.8) is 0 Å². The molecule has 0 spiro atoms. The number of hydrogen-bond acceptors (Lipinski definition) is 6. The van der Waals surface area contributed by atoms with E-state index in [-0.39, 0.29) is 29.8 Å². The van der Waals surface area contributed by atoms with Crippen LogP contribution in [0.2, 0.25) is 0 Å². The molecular formula is C25H30N2O6S. The van der Waals surface area contributed by atoms with Crippen LogP contribution in [0.3, 0.4) is 0 Å². The van der Waals surface area contributed by atoms with Gasteiger partial charge in [-0.05, 0) is 68.5 Å². The maximum absolute atomic E-state index is 13.3. The Bertz CT molecular complexity index is 1210. The minimum Gasteiger partial charge on any atom is -0.454 e. The molecule has 2 aliphatic heterocycles. The van der Waals surface area contributed by atoms with E-state index in [0.29, 0.717) is 0 Å². The van der Waals surface area contributed by atoms with E-state index in [2.05, 4.69) is 0 Å². The van der Waals surface area contributed by atoms with Crippen LogP contribution in [0.1, 0.15) is 36.5 Å². The molecule has 0 unspecified atom stereocenters. The standard InChI is InChI=1S/C25H30N2O6S/c1-16-8-11-21(12-17(16)2)34(31,32)26-14-20(28)13-23(26)25(30)33-15-24(29)27-18(3)9-10-19-6-4-5-7-22(19)27/h4-8,11-12,18,20,23,28H,9-10,13-15H2,1-3H3/t18-,20-,23-/m0/s1. The Kier molecular flexibility index (Phi) is 6.80. The van der Waals surface area contributed by atoms with Crippen LogP contribution in [0.4, 0.5) is 5.69 Å². The van der Waals surface area contributed by atoms with Gasteiger partial charge in [0.15, 0.2) is 6.61 Å². The molecule has 2 heterocycles. The van der Waals surface area contributed by atoms with E-state index in [1.807, 2.05) is 45.0 Å². The van der Waals surface area contributed by atoms with Crippen LogP contribution < -0.4 is 4.90 Å². The second-order valence-corrected chi connectivity index (χ2v) is 11.0. The summed E-state index contributed by atoms with van der Waals surface area (Å²) in [6, 6.07) is 11.1. The largest absolute Gasteiger partial charge is 0.454 e. The zero-order valence-corrected chi connectivity index (χ0v) is 20.4. The third-order valence-electron chi connectivity index (χ3n) is 6.72. The first-order valence-corrected chi connectivity index (χ1v) is 12.9. The highest BCUT2D eigenvalue weighted by Crippen LogP contribution is 2.31. The predicted octanol–water partition coefficient (Wildman–Crippen LogP) is 2.34. The molecule has 4 rings (SSSR count). The second-order valence-electron chi connectivity index (χ2n) is 9.11. The number of fused-ring (bicyclic) bond motifs is 1. The molecule has 3 atom stereocenters. The molecule has 2 aliphatic rings. The summed E-state index contributed by atoms with van der Waals surface area (Å²) in [5, 5.41) is 10.2. The smallest absolute Gasteiger partial charge is 0.325 e. The number of esters is 1. The number of benzene rings is 2. The highest BCUT2D eigenvalue weighted by Gasteiger charge is 2.44. The fraction of sp³-hybridized carbons (Fsp3) is 0.440. The highest BCUT2D eigenvalue weighted by molar-refractivity contribution is 7.89. The normalized spacial score (nSPS) is 22.9. The van der Waals surface area contributed by atoms with E-state index in [9.17, 15) is 23.1 Å². The average molecular weight is 487 g/mol. The predicted molar refractivity (Wildman–Crippen MR) is 127 cm³/mol. The van der Waals surface area contributed by atoms with Crippen LogP contribution in [0.25, 0.3) is 0 Å². The number of anilines is 1. The monoisotopic (exact) mass is 486 g/mol. The molecule has 1 amide bonds. The zero-order valence-electron chi connectivity index (χ0n) is 19.6. The van der Waals surface area contributed by atoms with Gasteiger partial charge in [0, 0.05) is 24.7 Å². The quantitative estimate of drug-likeness (QED) is 0.651. The molecule has 0 radical (unpaired) electrons. The number of carbonyl (C=O) groups excluding carboxylic acids is 2. The van der Waals surface area contributed by atoms with Gasteiger partial charge in [-0.15, -0.1) is 0 Å². The zero-order chi connectivity index (χ0) is 24.6. The van der Waals surface area contributed by atoms with Gasteiger partial charge in [-0.2, -0.15) is 4.31 Å². The molecule has 2 aromatic rings. The van der Waals surface area contributed by atoms with Gasteiger partial charge >= 0.3 is 5.97 Å². The SMILES string of the molecule is Cc1ccc(S(=O)(=O)N2C[C@@H](O)C[C@H]2C(=O)OCC(=O)N2c3ccccc3CC[C@@H]2C)cc1C. The fourth-order valence-corrected chi connectivity index (χ4v) is 6.35. The first kappa shape index (κ1) is 24.4. The van der Waals surface area contributed by atoms with Crippen LogP contribution in [0.5, 0.6) is 0 Å². The van der Waals surface area contributed by atoms with Crippen LogP contribution in [0.15, 0.2) is 47.4 Å². The lowest BCUT2D eigenvalue weighted by molar-refractivity contribution is -0.151. The summed E-state index contributed by atoms with van der Waals surface area (Å²) < 4.78 is 32.8. The molecular weight excluding hydrogens is 456 g/mol. The van der Waals surface area contributed by atoms with E-state index in [1.165, 1.54) is 6.07 Å². The summed E-state index contributed by atoms with van der Waals surface area (Å²) in [7, 11) is -4.04. The molecule has 34 heavy (non-hydrogen) atoms. The maximum Gasteiger partial charge on any atom is 0.325 e. The summed E-state index contributed by atoms with van der Waals surface area (Å²) in [5.41, 5.74) is 3.62. The van der Waals surface area contributed by atoms with Crippen molar-refractivity contribution in [2.24, 2.45) is 0 Å². The average Bonchev–Trinajstić information content (AvgIpc) is 3.21. The van der Waals surface area contributed by atoms with Gasteiger partial charge in [0.25, 0.3) is 5.91 Å². The van der Waals surface area contributed by atoms with Crippen molar-refractivity contribution in [3.8, 4) is 0 Å². The Balaban J connectivity index is 1.49. The number of β-amino-alcohol motifs (C(OH)–C–C–N with tert-alkyl or cyclic N) is 1. The van der Waals surface area contributed by atoms with E-state index in [4.69, 9.17) is 4.74 Å². The molecule has 0 saturated carbocycles. The number of hydrogen-bond donors (Lipinski definition) is 1. The lowest BCUT2D eigenvalue weighted by Gasteiger charge is -2.35. The Labute approximate surface area is 200 Å². The Morgan fingerprint density at radius 3 is 2.59 bits per heavy atom. The van der Waals surface area contributed by atoms with Crippen LogP contribution in [0, 0.1) is 13.8 Å². The van der Waals surface area contributed by atoms with Gasteiger partial charge < -0.3 is 14.7 Å². The molecule has 8 nitrogen and oxygen atoms in total. The lowest BCUT2D eigenvalue weighted by Crippen LogP contribution is -2.46. The Hall–Kier alpha value is -2.75. The molecule has 9 heteroatoms. The molecule has 2 aromatic carbocycles. The summed E-state index contributed by atoms with van der Waals surface area (Å²) in [4.78, 5) is 27.6. The molecule has 1 N–H and O–H groups in total. The van der Waals surface area contributed by atoms with E-state index < -0.39 is 34.7 Å².